The van der Waals surface area contributed by atoms with Crippen LogP contribution in [0.25, 0.3) is 0 Å². The van der Waals surface area contributed by atoms with Gasteiger partial charge in [-0.3, -0.25) is 19.3 Å². The minimum absolute atomic E-state index is 0.000593. The van der Waals surface area contributed by atoms with Crippen LogP contribution in [0, 0.1) is 5.92 Å². The highest BCUT2D eigenvalue weighted by molar-refractivity contribution is 6.31. The maximum atomic E-state index is 12.8. The normalized spacial score (nSPS) is 25.7. The van der Waals surface area contributed by atoms with Gasteiger partial charge in [0.15, 0.2) is 5.78 Å². The summed E-state index contributed by atoms with van der Waals surface area (Å²) in [5.74, 6) is -0.239. The molecule has 1 aromatic carbocycles. The number of carbonyl (C=O) groups is 3. The summed E-state index contributed by atoms with van der Waals surface area (Å²) in [5, 5.41) is 13.7. The number of piperazine rings is 1. The standard InChI is InChI=1S/C23H29ClN4O4/c1-2-20(29)14-7-15(8-14)28-6-5-27(12-19(28)23(25)32)22(31)11-26-18-9-16(13-3-4-13)17(24)10-21(18)30/h2,9-10,13-15,19,26,30H,1,3-8,11-12H2,(H2,25,32). The highest BCUT2D eigenvalue weighted by atomic mass is 35.5. The van der Waals surface area contributed by atoms with E-state index in [4.69, 9.17) is 17.3 Å². The van der Waals surface area contributed by atoms with Crippen LogP contribution >= 0.6 is 11.6 Å². The molecule has 1 atom stereocenters. The first-order valence-corrected chi connectivity index (χ1v) is 11.4. The lowest BCUT2D eigenvalue weighted by molar-refractivity contribution is -0.139. The number of anilines is 1. The molecule has 3 aliphatic rings. The third-order valence-electron chi connectivity index (χ3n) is 6.85. The molecule has 1 unspecified atom stereocenters. The fourth-order valence-corrected chi connectivity index (χ4v) is 4.99. The Bertz CT molecular complexity index is 942. The van der Waals surface area contributed by atoms with Crippen LogP contribution < -0.4 is 11.1 Å². The van der Waals surface area contributed by atoms with Gasteiger partial charge in [0.05, 0.1) is 12.2 Å². The van der Waals surface area contributed by atoms with Crippen LogP contribution in [0.3, 0.4) is 0 Å². The Morgan fingerprint density at radius 3 is 2.59 bits per heavy atom. The van der Waals surface area contributed by atoms with E-state index in [1.54, 1.807) is 4.90 Å². The molecule has 0 spiro atoms. The largest absolute Gasteiger partial charge is 0.506 e. The Morgan fingerprint density at radius 1 is 1.25 bits per heavy atom. The van der Waals surface area contributed by atoms with Gasteiger partial charge in [-0.1, -0.05) is 18.2 Å². The van der Waals surface area contributed by atoms with Gasteiger partial charge in [-0.05, 0) is 49.3 Å². The average Bonchev–Trinajstić information content (AvgIpc) is 3.56. The number of benzene rings is 1. The number of allylic oxidation sites excluding steroid dienone is 1. The Morgan fingerprint density at radius 2 is 1.97 bits per heavy atom. The first kappa shape index (κ1) is 22.6. The lowest BCUT2D eigenvalue weighted by atomic mass is 9.76. The summed E-state index contributed by atoms with van der Waals surface area (Å²) in [6, 6.07) is 2.85. The Kier molecular flexibility index (Phi) is 6.44. The van der Waals surface area contributed by atoms with E-state index in [0.717, 1.165) is 18.4 Å². The number of primary amides is 1. The lowest BCUT2D eigenvalue weighted by Gasteiger charge is -2.49. The summed E-state index contributed by atoms with van der Waals surface area (Å²) < 4.78 is 0. The zero-order chi connectivity index (χ0) is 23.0. The zero-order valence-corrected chi connectivity index (χ0v) is 18.7. The van der Waals surface area contributed by atoms with Gasteiger partial charge >= 0.3 is 0 Å². The molecule has 0 radical (unpaired) electrons. The molecular formula is C23H29ClN4O4. The number of phenols is 1. The molecule has 2 aliphatic carbocycles. The number of rotatable bonds is 8. The van der Waals surface area contributed by atoms with E-state index in [0.29, 0.717) is 42.6 Å². The predicted molar refractivity (Wildman–Crippen MR) is 122 cm³/mol. The molecule has 1 aromatic rings. The number of phenolic OH excluding ortho intramolecular Hbond substituents is 1. The topological polar surface area (TPSA) is 116 Å². The Labute approximate surface area is 192 Å². The number of carbonyl (C=O) groups excluding carboxylic acids is 3. The third kappa shape index (κ3) is 4.61. The number of nitrogens with zero attached hydrogens (tertiary/aromatic N) is 2. The van der Waals surface area contributed by atoms with Gasteiger partial charge in [0.2, 0.25) is 11.8 Å². The van der Waals surface area contributed by atoms with Crippen molar-refractivity contribution in [2.24, 2.45) is 11.7 Å². The van der Waals surface area contributed by atoms with Gasteiger partial charge in [-0.2, -0.15) is 0 Å². The molecule has 172 valence electrons. The van der Waals surface area contributed by atoms with Crippen LogP contribution in [-0.4, -0.2) is 70.8 Å². The molecule has 32 heavy (non-hydrogen) atoms. The van der Waals surface area contributed by atoms with E-state index >= 15 is 0 Å². The van der Waals surface area contributed by atoms with Gasteiger partial charge in [0.1, 0.15) is 11.8 Å². The Balaban J connectivity index is 1.34. The van der Waals surface area contributed by atoms with E-state index in [1.165, 1.54) is 12.1 Å². The molecule has 2 saturated carbocycles. The van der Waals surface area contributed by atoms with Crippen LogP contribution in [0.2, 0.25) is 5.02 Å². The molecule has 0 bridgehead atoms. The summed E-state index contributed by atoms with van der Waals surface area (Å²) in [6.07, 6.45) is 4.87. The number of hydrogen-bond acceptors (Lipinski definition) is 6. The average molecular weight is 461 g/mol. The molecule has 3 fully saturated rings. The minimum Gasteiger partial charge on any atom is -0.506 e. The maximum absolute atomic E-state index is 12.8. The SMILES string of the molecule is C=CC(=O)C1CC(N2CCN(C(=O)CNc3cc(C4CC4)c(Cl)cc3O)CC2C(N)=O)C1. The van der Waals surface area contributed by atoms with Crippen LogP contribution in [0.5, 0.6) is 5.75 Å². The first-order valence-electron chi connectivity index (χ1n) is 11.0. The molecule has 1 saturated heterocycles. The maximum Gasteiger partial charge on any atom is 0.241 e. The molecule has 1 aliphatic heterocycles. The van der Waals surface area contributed by atoms with Crippen molar-refractivity contribution >= 4 is 34.9 Å². The third-order valence-corrected chi connectivity index (χ3v) is 7.18. The van der Waals surface area contributed by atoms with Crippen molar-refractivity contribution in [1.82, 2.24) is 9.80 Å². The lowest BCUT2D eigenvalue weighted by Crippen LogP contribution is -2.64. The summed E-state index contributed by atoms with van der Waals surface area (Å²) in [5.41, 5.74) is 7.10. The van der Waals surface area contributed by atoms with Gasteiger partial charge in [-0.25, -0.2) is 0 Å². The highest BCUT2D eigenvalue weighted by Gasteiger charge is 2.43. The summed E-state index contributed by atoms with van der Waals surface area (Å²) in [7, 11) is 0. The van der Waals surface area contributed by atoms with E-state index in [1.807, 2.05) is 11.0 Å². The monoisotopic (exact) mass is 460 g/mol. The van der Waals surface area contributed by atoms with Crippen molar-refractivity contribution in [2.75, 3.05) is 31.5 Å². The number of ketones is 1. The summed E-state index contributed by atoms with van der Waals surface area (Å²) in [4.78, 5) is 40.3. The van der Waals surface area contributed by atoms with Crippen molar-refractivity contribution in [3.8, 4) is 5.75 Å². The second-order valence-electron chi connectivity index (χ2n) is 8.94. The fourth-order valence-electron chi connectivity index (χ4n) is 4.68. The van der Waals surface area contributed by atoms with Gasteiger partial charge in [0.25, 0.3) is 0 Å². The Hall–Kier alpha value is -2.58. The van der Waals surface area contributed by atoms with Crippen molar-refractivity contribution in [1.29, 1.82) is 0 Å². The van der Waals surface area contributed by atoms with Crippen molar-refractivity contribution < 1.29 is 19.5 Å². The van der Waals surface area contributed by atoms with Crippen LogP contribution in [0.1, 0.15) is 37.2 Å². The van der Waals surface area contributed by atoms with Crippen molar-refractivity contribution in [2.45, 2.75) is 43.7 Å². The number of nitrogens with one attached hydrogen (secondary N) is 1. The predicted octanol–water partition coefficient (Wildman–Crippen LogP) is 1.87. The molecule has 8 nitrogen and oxygen atoms in total. The zero-order valence-electron chi connectivity index (χ0n) is 17.9. The number of halogens is 1. The fraction of sp³-hybridized carbons (Fsp3) is 0.522. The van der Waals surface area contributed by atoms with Crippen LogP contribution in [0.15, 0.2) is 24.8 Å². The number of hydrogen-bond donors (Lipinski definition) is 3. The van der Waals surface area contributed by atoms with E-state index in [-0.39, 0.29) is 42.5 Å². The highest BCUT2D eigenvalue weighted by Crippen LogP contribution is 2.46. The van der Waals surface area contributed by atoms with Gasteiger partial charge in [0, 0.05) is 42.7 Å². The smallest absolute Gasteiger partial charge is 0.241 e. The molecule has 9 heteroatoms. The number of amides is 2. The van der Waals surface area contributed by atoms with E-state index in [9.17, 15) is 19.5 Å². The van der Waals surface area contributed by atoms with Gasteiger partial charge < -0.3 is 21.1 Å². The van der Waals surface area contributed by atoms with Crippen LogP contribution in [-0.2, 0) is 14.4 Å². The van der Waals surface area contributed by atoms with Gasteiger partial charge in [-0.15, -0.1) is 0 Å². The second kappa shape index (κ2) is 9.11. The minimum atomic E-state index is -0.581. The second-order valence-corrected chi connectivity index (χ2v) is 9.35. The summed E-state index contributed by atoms with van der Waals surface area (Å²) >= 11 is 6.22. The molecule has 4 N–H and O–H groups in total. The van der Waals surface area contributed by atoms with E-state index < -0.39 is 11.9 Å². The number of nitrogens with two attached hydrogens (primary N) is 1. The van der Waals surface area contributed by atoms with Crippen molar-refractivity contribution in [3.63, 3.8) is 0 Å². The van der Waals surface area contributed by atoms with Crippen molar-refractivity contribution in [3.05, 3.63) is 35.4 Å². The van der Waals surface area contributed by atoms with Crippen LogP contribution in [0.4, 0.5) is 5.69 Å². The molecule has 0 aromatic heterocycles. The number of aromatic hydroxyl groups is 1. The molecular weight excluding hydrogens is 432 g/mol. The molecule has 4 rings (SSSR count). The molecule has 2 amide bonds. The first-order chi connectivity index (χ1) is 15.3. The summed E-state index contributed by atoms with van der Waals surface area (Å²) in [6.45, 7) is 4.73. The van der Waals surface area contributed by atoms with E-state index in [2.05, 4.69) is 11.9 Å². The molecule has 1 heterocycles. The quantitative estimate of drug-likeness (QED) is 0.403.